The molecule has 1 aromatic carbocycles. The van der Waals surface area contributed by atoms with E-state index in [-0.39, 0.29) is 0 Å². The topological polar surface area (TPSA) is 35.5 Å². The van der Waals surface area contributed by atoms with Gasteiger partial charge in [0, 0.05) is 0 Å². The molecule has 0 bridgehead atoms. The van der Waals surface area contributed by atoms with Gasteiger partial charge >= 0.3 is 6.16 Å². The lowest BCUT2D eigenvalue weighted by molar-refractivity contribution is 0.0195. The summed E-state index contributed by atoms with van der Waals surface area (Å²) in [6.45, 7) is 4.50. The minimum absolute atomic E-state index is 0.940. The van der Waals surface area contributed by atoms with Crippen LogP contribution in [-0.4, -0.2) is 11.8 Å². The van der Waals surface area contributed by atoms with Crippen LogP contribution in [0.2, 0.25) is 0 Å². The van der Waals surface area contributed by atoms with E-state index in [1.54, 1.807) is 0 Å². The minimum Gasteiger partial charge on any atom is -0.428 e. The molecule has 0 saturated heterocycles. The van der Waals surface area contributed by atoms with Crippen LogP contribution in [-0.2, 0) is 4.74 Å². The Morgan fingerprint density at radius 2 is 1.61 bits per heavy atom. The Balaban J connectivity index is 2.96. The van der Waals surface area contributed by atoms with Gasteiger partial charge in [-0.25, -0.2) is 18.0 Å². The minimum atomic E-state index is -2.09. The summed E-state index contributed by atoms with van der Waals surface area (Å²) >= 11 is 0. The van der Waals surface area contributed by atoms with E-state index in [2.05, 4.69) is 9.47 Å². The molecular formula is C11H9F4O3. The molecule has 0 saturated carbocycles. The standard InChI is InChI=1S/C11H9F4O3/c1-11(2,3)18-10(16)17-6-4-5(12)7(13)9(15)8(6)14/h1-3H3. The van der Waals surface area contributed by atoms with Gasteiger partial charge in [0.2, 0.25) is 11.6 Å². The van der Waals surface area contributed by atoms with Crippen molar-refractivity contribution in [3.63, 3.8) is 0 Å². The Morgan fingerprint density at radius 1 is 1.06 bits per heavy atom. The van der Waals surface area contributed by atoms with Gasteiger partial charge in [0.05, 0.1) is 6.07 Å². The van der Waals surface area contributed by atoms with Crippen molar-refractivity contribution in [2.45, 2.75) is 26.4 Å². The molecule has 99 valence electrons. The third-order valence-corrected chi connectivity index (χ3v) is 1.58. The van der Waals surface area contributed by atoms with Crippen LogP contribution in [0, 0.1) is 29.3 Å². The lowest BCUT2D eigenvalue weighted by Crippen LogP contribution is -2.26. The molecule has 0 aliphatic rings. The summed E-state index contributed by atoms with van der Waals surface area (Å²) in [6.07, 6.45) is -1.39. The molecule has 3 nitrogen and oxygen atoms in total. The molecule has 0 N–H and O–H groups in total. The lowest BCUT2D eigenvalue weighted by Gasteiger charge is -2.18. The second-order valence-electron chi connectivity index (χ2n) is 4.28. The SMILES string of the molecule is CC(C)(C)OC(=O)Oc1[c]c(F)c(F)c(F)c1F. The van der Waals surface area contributed by atoms with Crippen molar-refractivity contribution in [2.24, 2.45) is 0 Å². The van der Waals surface area contributed by atoms with Gasteiger partial charge < -0.3 is 9.47 Å². The zero-order valence-corrected chi connectivity index (χ0v) is 9.74. The Hall–Kier alpha value is -1.79. The highest BCUT2D eigenvalue weighted by Crippen LogP contribution is 2.24. The zero-order chi connectivity index (χ0) is 14.1. The summed E-state index contributed by atoms with van der Waals surface area (Å²) in [5.41, 5.74) is -0.940. The van der Waals surface area contributed by atoms with Crippen LogP contribution in [0.25, 0.3) is 0 Å². The molecule has 0 aliphatic heterocycles. The first-order valence-corrected chi connectivity index (χ1v) is 4.78. The van der Waals surface area contributed by atoms with Crippen LogP contribution < -0.4 is 4.74 Å². The van der Waals surface area contributed by atoms with Crippen LogP contribution >= 0.6 is 0 Å². The van der Waals surface area contributed by atoms with E-state index in [0.717, 1.165) is 0 Å². The van der Waals surface area contributed by atoms with Crippen molar-refractivity contribution in [3.05, 3.63) is 29.3 Å². The van der Waals surface area contributed by atoms with E-state index >= 15 is 0 Å². The summed E-state index contributed by atoms with van der Waals surface area (Å²) < 4.78 is 60.0. The highest BCUT2D eigenvalue weighted by molar-refractivity contribution is 5.64. The Bertz CT molecular complexity index is 480. The number of hydrogen-bond donors (Lipinski definition) is 0. The summed E-state index contributed by atoms with van der Waals surface area (Å²) in [5, 5.41) is 0. The number of carbonyl (C=O) groups excluding carboxylic acids is 1. The second-order valence-corrected chi connectivity index (χ2v) is 4.28. The van der Waals surface area contributed by atoms with E-state index in [0.29, 0.717) is 0 Å². The van der Waals surface area contributed by atoms with E-state index in [9.17, 15) is 22.4 Å². The fourth-order valence-electron chi connectivity index (χ4n) is 0.926. The Labute approximate surface area is 100 Å². The monoisotopic (exact) mass is 265 g/mol. The van der Waals surface area contributed by atoms with Crippen molar-refractivity contribution in [3.8, 4) is 5.75 Å². The average Bonchev–Trinajstić information content (AvgIpc) is 2.20. The van der Waals surface area contributed by atoms with Gasteiger partial charge in [-0.1, -0.05) is 0 Å². The van der Waals surface area contributed by atoms with Crippen LogP contribution in [0.3, 0.4) is 0 Å². The fraction of sp³-hybridized carbons (Fsp3) is 0.364. The van der Waals surface area contributed by atoms with E-state index in [1.807, 2.05) is 0 Å². The Morgan fingerprint density at radius 3 is 2.11 bits per heavy atom. The van der Waals surface area contributed by atoms with Gasteiger partial charge in [-0.3, -0.25) is 0 Å². The fourth-order valence-corrected chi connectivity index (χ4v) is 0.926. The van der Waals surface area contributed by atoms with Crippen molar-refractivity contribution in [2.75, 3.05) is 0 Å². The van der Waals surface area contributed by atoms with Gasteiger partial charge in [0.25, 0.3) is 0 Å². The van der Waals surface area contributed by atoms with Crippen LogP contribution in [0.5, 0.6) is 5.75 Å². The largest absolute Gasteiger partial charge is 0.514 e. The highest BCUT2D eigenvalue weighted by Gasteiger charge is 2.24. The summed E-state index contributed by atoms with van der Waals surface area (Å²) in [4.78, 5) is 11.1. The molecule has 0 unspecified atom stereocenters. The molecule has 0 aromatic heterocycles. The number of rotatable bonds is 1. The van der Waals surface area contributed by atoms with Crippen molar-refractivity contribution < 1.29 is 31.8 Å². The summed E-state index contributed by atoms with van der Waals surface area (Å²) in [6, 6.07) is 1.42. The number of hydrogen-bond acceptors (Lipinski definition) is 3. The maximum atomic E-state index is 13.1. The van der Waals surface area contributed by atoms with Gasteiger partial charge in [0.1, 0.15) is 5.60 Å². The quantitative estimate of drug-likeness (QED) is 0.257. The van der Waals surface area contributed by atoms with E-state index in [4.69, 9.17) is 0 Å². The molecule has 0 fully saturated rings. The van der Waals surface area contributed by atoms with Crippen molar-refractivity contribution in [1.29, 1.82) is 0 Å². The molecule has 1 rings (SSSR count). The van der Waals surface area contributed by atoms with E-state index in [1.165, 1.54) is 26.8 Å². The molecule has 0 amide bonds. The van der Waals surface area contributed by atoms with Gasteiger partial charge in [-0.2, -0.15) is 4.39 Å². The molecule has 1 radical (unpaired) electrons. The third kappa shape index (κ3) is 3.35. The first kappa shape index (κ1) is 14.3. The van der Waals surface area contributed by atoms with Gasteiger partial charge in [-0.15, -0.1) is 0 Å². The number of ether oxygens (including phenoxy) is 2. The zero-order valence-electron chi connectivity index (χ0n) is 9.74. The maximum absolute atomic E-state index is 13.1. The Kier molecular flexibility index (Phi) is 3.83. The summed E-state index contributed by atoms with van der Waals surface area (Å²) in [5.74, 6) is -9.00. The molecule has 0 heterocycles. The van der Waals surface area contributed by atoms with Crippen LogP contribution in [0.1, 0.15) is 20.8 Å². The lowest BCUT2D eigenvalue weighted by atomic mass is 10.2. The maximum Gasteiger partial charge on any atom is 0.514 e. The molecule has 0 aliphatic carbocycles. The third-order valence-electron chi connectivity index (χ3n) is 1.58. The predicted octanol–water partition coefficient (Wildman–Crippen LogP) is 3.36. The molecule has 1 aromatic rings. The first-order chi connectivity index (χ1) is 8.11. The first-order valence-electron chi connectivity index (χ1n) is 4.78. The number of carbonyl (C=O) groups is 1. The second kappa shape index (κ2) is 4.83. The molecule has 18 heavy (non-hydrogen) atoms. The van der Waals surface area contributed by atoms with Gasteiger partial charge in [-0.05, 0) is 20.8 Å². The number of benzene rings is 1. The molecule has 0 spiro atoms. The molecular weight excluding hydrogens is 256 g/mol. The normalized spacial score (nSPS) is 11.3. The highest BCUT2D eigenvalue weighted by atomic mass is 19.2. The molecule has 7 heteroatoms. The number of halogens is 4. The van der Waals surface area contributed by atoms with Crippen LogP contribution in [0.4, 0.5) is 22.4 Å². The van der Waals surface area contributed by atoms with Gasteiger partial charge in [0.15, 0.2) is 17.4 Å². The van der Waals surface area contributed by atoms with Crippen molar-refractivity contribution >= 4 is 6.16 Å². The summed E-state index contributed by atoms with van der Waals surface area (Å²) in [7, 11) is 0. The predicted molar refractivity (Wildman–Crippen MR) is 52.0 cm³/mol. The molecule has 0 atom stereocenters. The average molecular weight is 265 g/mol. The van der Waals surface area contributed by atoms with Crippen LogP contribution in [0.15, 0.2) is 0 Å². The smallest absolute Gasteiger partial charge is 0.428 e. The van der Waals surface area contributed by atoms with E-state index < -0.39 is 40.8 Å². The van der Waals surface area contributed by atoms with Crippen molar-refractivity contribution in [1.82, 2.24) is 0 Å².